The molecule has 0 amide bonds. The first-order valence-corrected chi connectivity index (χ1v) is 13.2. The van der Waals surface area contributed by atoms with Gasteiger partial charge in [0.15, 0.2) is 11.5 Å². The van der Waals surface area contributed by atoms with Crippen molar-refractivity contribution in [2.24, 2.45) is 0 Å². The second kappa shape index (κ2) is 9.74. The molecule has 1 aromatic carbocycles. The first kappa shape index (κ1) is 23.9. The molecule has 8 heteroatoms. The van der Waals surface area contributed by atoms with Crippen molar-refractivity contribution in [3.63, 3.8) is 0 Å². The fourth-order valence-corrected chi connectivity index (χ4v) is 4.99. The zero-order valence-electron chi connectivity index (χ0n) is 21.6. The van der Waals surface area contributed by atoms with Crippen LogP contribution in [0.25, 0.3) is 16.9 Å². The minimum Gasteiger partial charge on any atom is -0.490 e. The second-order valence-corrected chi connectivity index (χ2v) is 10.6. The molecule has 0 unspecified atom stereocenters. The monoisotopic (exact) mass is 500 g/mol. The summed E-state index contributed by atoms with van der Waals surface area (Å²) in [6.45, 7) is 6.34. The van der Waals surface area contributed by atoms with Crippen molar-refractivity contribution in [2.45, 2.75) is 57.5 Å². The Morgan fingerprint density at radius 1 is 1.00 bits per heavy atom. The lowest BCUT2D eigenvalue weighted by Gasteiger charge is -2.29. The first-order valence-electron chi connectivity index (χ1n) is 13.2. The number of hydrogen-bond donors (Lipinski definition) is 1. The standard InChI is InChI=1S/C29H33FN6O/c1-18(2)24-5-4-6-25(33-24)36-27(19-7-8-19)26(30)23-17-31-29(34-28(23)36)32-20-9-11-21(12-10-20)37-22-13-15-35(3)16-14-22/h4-6,9-12,17-19,22H,7-8,13-16H2,1-3H3,(H,31,32,34). The topological polar surface area (TPSA) is 68.1 Å². The summed E-state index contributed by atoms with van der Waals surface area (Å²) < 4.78 is 23.6. The van der Waals surface area contributed by atoms with Gasteiger partial charge in [0.05, 0.1) is 11.1 Å². The van der Waals surface area contributed by atoms with E-state index >= 15 is 4.39 Å². The molecule has 1 N–H and O–H groups in total. The highest BCUT2D eigenvalue weighted by Crippen LogP contribution is 2.45. The number of likely N-dealkylation sites (tertiary alicyclic amines) is 1. The van der Waals surface area contributed by atoms with Crippen LogP contribution in [0.5, 0.6) is 5.75 Å². The highest BCUT2D eigenvalue weighted by Gasteiger charge is 2.34. The lowest BCUT2D eigenvalue weighted by molar-refractivity contribution is 0.114. The zero-order valence-corrected chi connectivity index (χ0v) is 21.6. The van der Waals surface area contributed by atoms with Crippen LogP contribution in [0.1, 0.15) is 62.8 Å². The number of fused-ring (bicyclic) bond motifs is 1. The fraction of sp³-hybridized carbons (Fsp3) is 0.414. The number of benzene rings is 1. The molecule has 37 heavy (non-hydrogen) atoms. The molecular weight excluding hydrogens is 467 g/mol. The molecule has 1 aliphatic heterocycles. The Hall–Kier alpha value is -3.52. The van der Waals surface area contributed by atoms with Crippen molar-refractivity contribution in [1.29, 1.82) is 0 Å². The Balaban J connectivity index is 1.29. The molecule has 2 fully saturated rings. The van der Waals surface area contributed by atoms with E-state index in [9.17, 15) is 0 Å². The van der Waals surface area contributed by atoms with Gasteiger partial charge in [-0.05, 0) is 75.0 Å². The van der Waals surface area contributed by atoms with Crippen molar-refractivity contribution < 1.29 is 9.13 Å². The number of anilines is 2. The maximum Gasteiger partial charge on any atom is 0.229 e. The summed E-state index contributed by atoms with van der Waals surface area (Å²) in [7, 11) is 2.15. The third-order valence-corrected chi connectivity index (χ3v) is 7.30. The minimum absolute atomic E-state index is 0.187. The SMILES string of the molecule is CC(C)c1cccc(-n2c(C3CC3)c(F)c3cnc(Nc4ccc(OC5CCN(C)CC5)cc4)nc32)n1. The molecule has 3 aromatic heterocycles. The molecule has 1 aliphatic carbocycles. The third-order valence-electron chi connectivity index (χ3n) is 7.30. The Morgan fingerprint density at radius 2 is 1.76 bits per heavy atom. The molecule has 0 bridgehead atoms. The van der Waals surface area contributed by atoms with E-state index in [1.165, 1.54) is 0 Å². The molecule has 7 nitrogen and oxygen atoms in total. The van der Waals surface area contributed by atoms with Crippen molar-refractivity contribution in [1.82, 2.24) is 24.4 Å². The Labute approximate surface area is 216 Å². The van der Waals surface area contributed by atoms with Gasteiger partial charge in [-0.15, -0.1) is 0 Å². The molecule has 0 radical (unpaired) electrons. The molecule has 4 heterocycles. The van der Waals surface area contributed by atoms with Crippen LogP contribution in [-0.4, -0.2) is 50.7 Å². The highest BCUT2D eigenvalue weighted by atomic mass is 19.1. The van der Waals surface area contributed by atoms with Crippen LogP contribution in [0.2, 0.25) is 0 Å². The second-order valence-electron chi connectivity index (χ2n) is 10.6. The van der Waals surface area contributed by atoms with Gasteiger partial charge in [-0.1, -0.05) is 19.9 Å². The molecule has 2 aliphatic rings. The predicted octanol–water partition coefficient (Wildman–Crippen LogP) is 6.17. The number of hydrogen-bond acceptors (Lipinski definition) is 6. The summed E-state index contributed by atoms with van der Waals surface area (Å²) in [6, 6.07) is 13.8. The van der Waals surface area contributed by atoms with Gasteiger partial charge in [-0.25, -0.2) is 14.4 Å². The molecule has 1 saturated heterocycles. The van der Waals surface area contributed by atoms with Crippen molar-refractivity contribution in [2.75, 3.05) is 25.5 Å². The highest BCUT2D eigenvalue weighted by molar-refractivity contribution is 5.81. The average Bonchev–Trinajstić information content (AvgIpc) is 3.70. The van der Waals surface area contributed by atoms with Gasteiger partial charge in [0.1, 0.15) is 17.7 Å². The predicted molar refractivity (Wildman–Crippen MR) is 144 cm³/mol. The van der Waals surface area contributed by atoms with Crippen LogP contribution in [0.4, 0.5) is 16.0 Å². The van der Waals surface area contributed by atoms with Crippen LogP contribution < -0.4 is 10.1 Å². The largest absolute Gasteiger partial charge is 0.490 e. The van der Waals surface area contributed by atoms with Crippen LogP contribution in [-0.2, 0) is 0 Å². The lowest BCUT2D eigenvalue weighted by Crippen LogP contribution is -2.35. The number of pyridine rings is 1. The average molecular weight is 501 g/mol. The van der Waals surface area contributed by atoms with Gasteiger partial charge in [0.2, 0.25) is 5.95 Å². The zero-order chi connectivity index (χ0) is 25.5. The Kier molecular flexibility index (Phi) is 6.28. The molecule has 0 spiro atoms. The van der Waals surface area contributed by atoms with Gasteiger partial charge in [0, 0.05) is 36.6 Å². The van der Waals surface area contributed by atoms with E-state index < -0.39 is 0 Å². The number of halogens is 1. The number of rotatable bonds is 7. The molecular formula is C29H33FN6O. The van der Waals surface area contributed by atoms with Crippen molar-refractivity contribution in [3.05, 3.63) is 65.9 Å². The summed E-state index contributed by atoms with van der Waals surface area (Å²) in [4.78, 5) is 16.4. The van der Waals surface area contributed by atoms with E-state index in [1.807, 2.05) is 47.0 Å². The van der Waals surface area contributed by atoms with Crippen molar-refractivity contribution in [3.8, 4) is 11.6 Å². The smallest absolute Gasteiger partial charge is 0.229 e. The minimum atomic E-state index is -0.240. The van der Waals surface area contributed by atoms with Gasteiger partial charge in [-0.2, -0.15) is 4.98 Å². The van der Waals surface area contributed by atoms with E-state index in [1.54, 1.807) is 6.20 Å². The van der Waals surface area contributed by atoms with Crippen LogP contribution in [0.15, 0.2) is 48.7 Å². The fourth-order valence-electron chi connectivity index (χ4n) is 4.99. The van der Waals surface area contributed by atoms with Gasteiger partial charge in [-0.3, -0.25) is 4.57 Å². The third kappa shape index (κ3) is 4.90. The van der Waals surface area contributed by atoms with E-state index in [2.05, 4.69) is 36.1 Å². The van der Waals surface area contributed by atoms with E-state index in [0.29, 0.717) is 28.5 Å². The summed E-state index contributed by atoms with van der Waals surface area (Å²) >= 11 is 0. The van der Waals surface area contributed by atoms with Crippen LogP contribution in [0.3, 0.4) is 0 Å². The summed E-state index contributed by atoms with van der Waals surface area (Å²) in [6.07, 6.45) is 5.86. The lowest BCUT2D eigenvalue weighted by atomic mass is 10.1. The number of ether oxygens (including phenoxy) is 1. The van der Waals surface area contributed by atoms with Gasteiger partial charge < -0.3 is 15.0 Å². The maximum absolute atomic E-state index is 15.6. The van der Waals surface area contributed by atoms with Gasteiger partial charge in [0.25, 0.3) is 0 Å². The number of nitrogens with zero attached hydrogens (tertiary/aromatic N) is 5. The van der Waals surface area contributed by atoms with E-state index in [4.69, 9.17) is 14.7 Å². The molecule has 1 saturated carbocycles. The van der Waals surface area contributed by atoms with Crippen LogP contribution >= 0.6 is 0 Å². The summed E-state index contributed by atoms with van der Waals surface area (Å²) in [5.41, 5.74) is 3.00. The van der Waals surface area contributed by atoms with Crippen molar-refractivity contribution >= 4 is 22.7 Å². The first-order chi connectivity index (χ1) is 18.0. The number of aromatic nitrogens is 4. The van der Waals surface area contributed by atoms with E-state index in [0.717, 1.165) is 55.9 Å². The maximum atomic E-state index is 15.6. The molecule has 6 rings (SSSR count). The summed E-state index contributed by atoms with van der Waals surface area (Å²) in [5, 5.41) is 3.70. The van der Waals surface area contributed by atoms with Gasteiger partial charge >= 0.3 is 0 Å². The Bertz CT molecular complexity index is 1400. The molecule has 4 aromatic rings. The normalized spacial score (nSPS) is 17.0. The van der Waals surface area contributed by atoms with Crippen LogP contribution in [0, 0.1) is 5.82 Å². The quantitative estimate of drug-likeness (QED) is 0.327. The Morgan fingerprint density at radius 3 is 2.46 bits per heavy atom. The molecule has 0 atom stereocenters. The summed E-state index contributed by atoms with van der Waals surface area (Å²) in [5.74, 6) is 2.19. The number of nitrogens with one attached hydrogen (secondary N) is 1. The number of piperidine rings is 1. The molecule has 192 valence electrons. The van der Waals surface area contributed by atoms with E-state index in [-0.39, 0.29) is 23.8 Å².